The fraction of sp³-hybridized carbons (Fsp3) is 0.316. The molecule has 7 heteroatoms. The van der Waals surface area contributed by atoms with E-state index in [9.17, 15) is 14.4 Å². The Hall–Kier alpha value is -3.09. The summed E-state index contributed by atoms with van der Waals surface area (Å²) in [6.45, 7) is 3.80. The molecule has 0 aliphatic heterocycles. The van der Waals surface area contributed by atoms with Crippen LogP contribution < -0.4 is 16.6 Å². The molecule has 3 rings (SSSR count). The van der Waals surface area contributed by atoms with E-state index in [1.165, 1.54) is 15.4 Å². The molecule has 0 radical (unpaired) electrons. The molecule has 3 aromatic rings. The van der Waals surface area contributed by atoms with Gasteiger partial charge in [-0.05, 0) is 37.6 Å². The van der Waals surface area contributed by atoms with Crippen molar-refractivity contribution in [2.75, 3.05) is 0 Å². The van der Waals surface area contributed by atoms with Crippen molar-refractivity contribution in [2.24, 2.45) is 0 Å². The van der Waals surface area contributed by atoms with E-state index >= 15 is 0 Å². The highest BCUT2D eigenvalue weighted by molar-refractivity contribution is 5.81. The Morgan fingerprint density at radius 2 is 1.96 bits per heavy atom. The number of amides is 1. The molecule has 0 fully saturated rings. The molecule has 1 amide bonds. The van der Waals surface area contributed by atoms with Crippen molar-refractivity contribution in [3.63, 3.8) is 0 Å². The smallest absolute Gasteiger partial charge is 0.332 e. The summed E-state index contributed by atoms with van der Waals surface area (Å²) in [4.78, 5) is 37.9. The van der Waals surface area contributed by atoms with Crippen LogP contribution in [0.15, 0.2) is 56.7 Å². The van der Waals surface area contributed by atoms with Gasteiger partial charge in [-0.25, -0.2) is 4.79 Å². The van der Waals surface area contributed by atoms with Crippen molar-refractivity contribution in [3.05, 3.63) is 69.3 Å². The highest BCUT2D eigenvalue weighted by Crippen LogP contribution is 2.11. The van der Waals surface area contributed by atoms with E-state index in [1.54, 1.807) is 36.4 Å². The number of carbonyl (C=O) groups excluding carboxylic acids is 1. The first kappa shape index (κ1) is 17.7. The Bertz CT molecular complexity index is 1030. The van der Waals surface area contributed by atoms with E-state index in [2.05, 4.69) is 5.32 Å². The summed E-state index contributed by atoms with van der Waals surface area (Å²) >= 11 is 0. The largest absolute Gasteiger partial charge is 0.467 e. The van der Waals surface area contributed by atoms with E-state index < -0.39 is 5.69 Å². The first-order valence-corrected chi connectivity index (χ1v) is 8.56. The van der Waals surface area contributed by atoms with E-state index in [-0.39, 0.29) is 30.6 Å². The van der Waals surface area contributed by atoms with Gasteiger partial charge in [0.05, 0.1) is 23.7 Å². The summed E-state index contributed by atoms with van der Waals surface area (Å²) in [6, 6.07) is 10.1. The number of carbonyl (C=O) groups is 1. The molecule has 1 atom stereocenters. The van der Waals surface area contributed by atoms with Crippen molar-refractivity contribution in [3.8, 4) is 0 Å². The average Bonchev–Trinajstić information content (AvgIpc) is 3.17. The number of nitrogens with one attached hydrogen (secondary N) is 1. The molecule has 7 nitrogen and oxygen atoms in total. The number of hydrogen-bond donors (Lipinski definition) is 1. The van der Waals surface area contributed by atoms with Gasteiger partial charge in [0.25, 0.3) is 5.56 Å². The van der Waals surface area contributed by atoms with E-state index in [1.807, 2.05) is 13.8 Å². The topological polar surface area (TPSA) is 86.2 Å². The lowest BCUT2D eigenvalue weighted by Gasteiger charge is -2.17. The van der Waals surface area contributed by atoms with Crippen LogP contribution in [-0.2, 0) is 17.9 Å². The second kappa shape index (κ2) is 7.43. The predicted octanol–water partition coefficient (Wildman–Crippen LogP) is 2.04. The van der Waals surface area contributed by atoms with Crippen molar-refractivity contribution in [2.45, 2.75) is 39.4 Å². The van der Waals surface area contributed by atoms with Crippen LogP contribution in [0.3, 0.4) is 0 Å². The molecule has 26 heavy (non-hydrogen) atoms. The molecule has 0 spiro atoms. The Labute approximate surface area is 149 Å². The average molecular weight is 355 g/mol. The summed E-state index contributed by atoms with van der Waals surface area (Å²) in [5.41, 5.74) is -0.349. The first-order chi connectivity index (χ1) is 12.5. The summed E-state index contributed by atoms with van der Waals surface area (Å²) in [7, 11) is 0. The van der Waals surface area contributed by atoms with E-state index in [0.717, 1.165) is 0 Å². The molecule has 1 unspecified atom stereocenters. The molecule has 0 aliphatic rings. The Morgan fingerprint density at radius 3 is 2.65 bits per heavy atom. The SMILES string of the molecule is CCC(C)n1c(=O)c2ccccc2n(CC(=O)NCc2ccco2)c1=O. The highest BCUT2D eigenvalue weighted by atomic mass is 16.3. The van der Waals surface area contributed by atoms with E-state index in [4.69, 9.17) is 4.42 Å². The number of furan rings is 1. The van der Waals surface area contributed by atoms with Gasteiger partial charge < -0.3 is 9.73 Å². The second-order valence-corrected chi connectivity index (χ2v) is 6.17. The third-order valence-corrected chi connectivity index (χ3v) is 4.45. The molecule has 0 saturated heterocycles. The fourth-order valence-corrected chi connectivity index (χ4v) is 2.86. The van der Waals surface area contributed by atoms with Gasteiger partial charge in [-0.15, -0.1) is 0 Å². The minimum Gasteiger partial charge on any atom is -0.467 e. The lowest BCUT2D eigenvalue weighted by molar-refractivity contribution is -0.121. The number of aromatic nitrogens is 2. The number of fused-ring (bicyclic) bond motifs is 1. The van der Waals surface area contributed by atoms with Crippen LogP contribution in [0.1, 0.15) is 32.1 Å². The van der Waals surface area contributed by atoms with Gasteiger partial charge in [0, 0.05) is 6.04 Å². The monoisotopic (exact) mass is 355 g/mol. The number of para-hydroxylation sites is 1. The second-order valence-electron chi connectivity index (χ2n) is 6.17. The van der Waals surface area contributed by atoms with Crippen LogP contribution in [0.25, 0.3) is 10.9 Å². The van der Waals surface area contributed by atoms with Gasteiger partial charge in [0.15, 0.2) is 0 Å². The van der Waals surface area contributed by atoms with Crippen molar-refractivity contribution in [1.29, 1.82) is 0 Å². The number of rotatable bonds is 6. The van der Waals surface area contributed by atoms with E-state index in [0.29, 0.717) is 23.1 Å². The van der Waals surface area contributed by atoms with Gasteiger partial charge in [0.1, 0.15) is 12.3 Å². The molecule has 136 valence electrons. The number of nitrogens with zero attached hydrogens (tertiary/aromatic N) is 2. The zero-order valence-electron chi connectivity index (χ0n) is 14.8. The van der Waals surface area contributed by atoms with Crippen LogP contribution in [0, 0.1) is 0 Å². The predicted molar refractivity (Wildman–Crippen MR) is 98.0 cm³/mol. The fourth-order valence-electron chi connectivity index (χ4n) is 2.86. The quantitative estimate of drug-likeness (QED) is 0.733. The zero-order valence-corrected chi connectivity index (χ0v) is 14.8. The van der Waals surface area contributed by atoms with Crippen LogP contribution in [0.5, 0.6) is 0 Å². The Kier molecular flexibility index (Phi) is 5.06. The van der Waals surface area contributed by atoms with Gasteiger partial charge in [-0.3, -0.25) is 18.7 Å². The summed E-state index contributed by atoms with van der Waals surface area (Å²) in [5.74, 6) is 0.295. The molecule has 2 aromatic heterocycles. The normalized spacial score (nSPS) is 12.2. The van der Waals surface area contributed by atoms with Crippen molar-refractivity contribution in [1.82, 2.24) is 14.5 Å². The molecule has 0 saturated carbocycles. The summed E-state index contributed by atoms with van der Waals surface area (Å²) in [6.07, 6.45) is 2.17. The lowest BCUT2D eigenvalue weighted by Crippen LogP contribution is -2.43. The molecule has 1 N–H and O–H groups in total. The van der Waals surface area contributed by atoms with Crippen LogP contribution >= 0.6 is 0 Å². The van der Waals surface area contributed by atoms with Crippen molar-refractivity contribution >= 4 is 16.8 Å². The molecule has 2 heterocycles. The third-order valence-electron chi connectivity index (χ3n) is 4.45. The minimum atomic E-state index is -0.476. The molecule has 0 bridgehead atoms. The van der Waals surface area contributed by atoms with Gasteiger partial charge in [-0.1, -0.05) is 19.1 Å². The van der Waals surface area contributed by atoms with Crippen LogP contribution in [0.4, 0.5) is 0 Å². The van der Waals surface area contributed by atoms with Gasteiger partial charge in [0.2, 0.25) is 5.91 Å². The maximum absolute atomic E-state index is 12.9. The highest BCUT2D eigenvalue weighted by Gasteiger charge is 2.17. The zero-order chi connectivity index (χ0) is 18.7. The van der Waals surface area contributed by atoms with Gasteiger partial charge in [-0.2, -0.15) is 0 Å². The summed E-state index contributed by atoms with van der Waals surface area (Å²) in [5, 5.41) is 3.15. The van der Waals surface area contributed by atoms with Gasteiger partial charge >= 0.3 is 5.69 Å². The van der Waals surface area contributed by atoms with Crippen molar-refractivity contribution < 1.29 is 9.21 Å². The standard InChI is InChI=1S/C19H21N3O4/c1-3-13(2)22-18(24)15-8-4-5-9-16(15)21(19(22)25)12-17(23)20-11-14-7-6-10-26-14/h4-10,13H,3,11-12H2,1-2H3,(H,20,23). The Balaban J connectivity index is 2.00. The molecular formula is C19H21N3O4. The maximum Gasteiger partial charge on any atom is 0.332 e. The first-order valence-electron chi connectivity index (χ1n) is 8.56. The molecular weight excluding hydrogens is 334 g/mol. The van der Waals surface area contributed by atoms with Crippen LogP contribution in [0.2, 0.25) is 0 Å². The lowest BCUT2D eigenvalue weighted by atomic mass is 10.2. The number of hydrogen-bond acceptors (Lipinski definition) is 4. The maximum atomic E-state index is 12.9. The number of benzene rings is 1. The summed E-state index contributed by atoms with van der Waals surface area (Å²) < 4.78 is 7.75. The molecule has 0 aliphatic carbocycles. The minimum absolute atomic E-state index is 0.170. The van der Waals surface area contributed by atoms with Crippen LogP contribution in [-0.4, -0.2) is 15.0 Å². The molecule has 1 aromatic carbocycles. The third kappa shape index (κ3) is 3.33. The Morgan fingerprint density at radius 1 is 1.19 bits per heavy atom.